The highest BCUT2D eigenvalue weighted by atomic mass is 32.2. The number of hydrogen-bond acceptors (Lipinski definition) is 5. The van der Waals surface area contributed by atoms with E-state index in [9.17, 15) is 19.1 Å². The van der Waals surface area contributed by atoms with Crippen molar-refractivity contribution in [2.45, 2.75) is 10.9 Å². The summed E-state index contributed by atoms with van der Waals surface area (Å²) in [5, 5.41) is 12.0. The lowest BCUT2D eigenvalue weighted by Crippen LogP contribution is -2.42. The molecule has 31 heavy (non-hydrogen) atoms. The van der Waals surface area contributed by atoms with Gasteiger partial charge in [-0.2, -0.15) is 0 Å². The van der Waals surface area contributed by atoms with Crippen LogP contribution in [0.1, 0.15) is 10.4 Å². The van der Waals surface area contributed by atoms with E-state index < -0.39 is 23.7 Å². The summed E-state index contributed by atoms with van der Waals surface area (Å²) >= 11 is 1.15. The van der Waals surface area contributed by atoms with Crippen LogP contribution in [-0.2, 0) is 4.79 Å². The first kappa shape index (κ1) is 20.5. The van der Waals surface area contributed by atoms with Gasteiger partial charge in [0.05, 0.1) is 11.0 Å². The summed E-state index contributed by atoms with van der Waals surface area (Å²) in [6.07, 6.45) is 3.32. The van der Waals surface area contributed by atoms with Gasteiger partial charge in [-0.15, -0.1) is 11.8 Å². The molecule has 7 nitrogen and oxygen atoms in total. The van der Waals surface area contributed by atoms with E-state index in [1.807, 2.05) is 12.1 Å². The second kappa shape index (κ2) is 8.97. The number of aliphatic carboxylic acids is 1. The summed E-state index contributed by atoms with van der Waals surface area (Å²) in [6.45, 7) is 0. The van der Waals surface area contributed by atoms with Gasteiger partial charge in [-0.25, -0.2) is 14.2 Å². The molecule has 9 heteroatoms. The molecule has 2 heterocycles. The molecular formula is C22H17FN4O3S. The van der Waals surface area contributed by atoms with Crippen molar-refractivity contribution in [1.29, 1.82) is 0 Å². The normalized spacial score (nSPS) is 11.9. The number of thioether (sulfide) groups is 1. The molecule has 0 radical (unpaired) electrons. The standard InChI is InChI=1S/C22H17FN4O3S/c23-15-2-1-3-16(11-15)31-12-19(22(29)30)27-21(28)14-4-5-17-18(10-14)26-20(25-17)13-6-8-24-9-7-13/h1-11,19H,12H2,(H,25,26)(H,27,28)(H,29,30). The predicted molar refractivity (Wildman–Crippen MR) is 115 cm³/mol. The summed E-state index contributed by atoms with van der Waals surface area (Å²) in [5.41, 5.74) is 2.50. The fourth-order valence-electron chi connectivity index (χ4n) is 2.95. The van der Waals surface area contributed by atoms with Crippen LogP contribution in [0, 0.1) is 5.82 Å². The maximum atomic E-state index is 13.3. The molecule has 1 unspecified atom stereocenters. The number of aromatic amines is 1. The monoisotopic (exact) mass is 436 g/mol. The van der Waals surface area contributed by atoms with Crippen molar-refractivity contribution in [3.63, 3.8) is 0 Å². The van der Waals surface area contributed by atoms with Gasteiger partial charge in [-0.1, -0.05) is 6.07 Å². The fourth-order valence-corrected chi connectivity index (χ4v) is 3.91. The van der Waals surface area contributed by atoms with Crippen LogP contribution in [0.3, 0.4) is 0 Å². The van der Waals surface area contributed by atoms with E-state index in [0.717, 1.165) is 17.3 Å². The van der Waals surface area contributed by atoms with Crippen LogP contribution in [-0.4, -0.2) is 43.7 Å². The number of carboxylic acids is 1. The van der Waals surface area contributed by atoms with E-state index >= 15 is 0 Å². The minimum absolute atomic E-state index is 0.0586. The number of pyridine rings is 1. The quantitative estimate of drug-likeness (QED) is 0.381. The highest BCUT2D eigenvalue weighted by Crippen LogP contribution is 2.22. The van der Waals surface area contributed by atoms with Gasteiger partial charge in [-0.05, 0) is 48.5 Å². The molecule has 0 saturated heterocycles. The number of carbonyl (C=O) groups excluding carboxylic acids is 1. The lowest BCUT2D eigenvalue weighted by Gasteiger charge is -2.14. The zero-order valence-electron chi connectivity index (χ0n) is 16.1. The van der Waals surface area contributed by atoms with Crippen molar-refractivity contribution in [3.8, 4) is 11.4 Å². The topological polar surface area (TPSA) is 108 Å². The Hall–Kier alpha value is -3.72. The van der Waals surface area contributed by atoms with E-state index in [-0.39, 0.29) is 5.75 Å². The Balaban J connectivity index is 1.48. The third kappa shape index (κ3) is 4.89. The highest BCUT2D eigenvalue weighted by Gasteiger charge is 2.21. The van der Waals surface area contributed by atoms with Gasteiger partial charge in [0.25, 0.3) is 5.91 Å². The molecule has 2 aromatic heterocycles. The molecule has 4 aromatic rings. The molecule has 156 valence electrons. The van der Waals surface area contributed by atoms with Gasteiger partial charge >= 0.3 is 5.97 Å². The number of nitrogens with zero attached hydrogens (tertiary/aromatic N) is 2. The Morgan fingerprint density at radius 3 is 2.68 bits per heavy atom. The Bertz CT molecular complexity index is 1250. The van der Waals surface area contributed by atoms with Gasteiger partial charge in [0.2, 0.25) is 0 Å². The molecule has 1 atom stereocenters. The van der Waals surface area contributed by atoms with Crippen molar-refractivity contribution < 1.29 is 19.1 Å². The largest absolute Gasteiger partial charge is 0.480 e. The number of hydrogen-bond donors (Lipinski definition) is 3. The average Bonchev–Trinajstić information content (AvgIpc) is 3.20. The van der Waals surface area contributed by atoms with E-state index in [0.29, 0.717) is 27.3 Å². The van der Waals surface area contributed by atoms with E-state index in [4.69, 9.17) is 0 Å². The van der Waals surface area contributed by atoms with Crippen LogP contribution in [0.4, 0.5) is 4.39 Å². The number of carbonyl (C=O) groups is 2. The predicted octanol–water partition coefficient (Wildman–Crippen LogP) is 3.74. The fraction of sp³-hybridized carbons (Fsp3) is 0.0909. The maximum Gasteiger partial charge on any atom is 0.327 e. The van der Waals surface area contributed by atoms with Gasteiger partial charge in [0, 0.05) is 34.2 Å². The Morgan fingerprint density at radius 2 is 1.94 bits per heavy atom. The first-order valence-corrected chi connectivity index (χ1v) is 10.3. The molecule has 0 fully saturated rings. The zero-order valence-corrected chi connectivity index (χ0v) is 16.9. The van der Waals surface area contributed by atoms with Crippen LogP contribution in [0.2, 0.25) is 0 Å². The van der Waals surface area contributed by atoms with E-state index in [2.05, 4.69) is 20.3 Å². The number of H-pyrrole nitrogens is 1. The van der Waals surface area contributed by atoms with Crippen LogP contribution in [0.25, 0.3) is 22.4 Å². The van der Waals surface area contributed by atoms with Crippen LogP contribution in [0.15, 0.2) is 71.9 Å². The van der Waals surface area contributed by atoms with Crippen molar-refractivity contribution in [2.75, 3.05) is 5.75 Å². The molecule has 1 amide bonds. The Morgan fingerprint density at radius 1 is 1.13 bits per heavy atom. The molecule has 0 spiro atoms. The number of aromatic nitrogens is 3. The highest BCUT2D eigenvalue weighted by molar-refractivity contribution is 7.99. The third-order valence-corrected chi connectivity index (χ3v) is 5.60. The lowest BCUT2D eigenvalue weighted by molar-refractivity contribution is -0.138. The molecule has 4 rings (SSSR count). The molecule has 0 aliphatic rings. The second-order valence-electron chi connectivity index (χ2n) is 6.69. The van der Waals surface area contributed by atoms with Crippen molar-refractivity contribution >= 4 is 34.7 Å². The first-order valence-electron chi connectivity index (χ1n) is 9.32. The number of carboxylic acid groups (broad SMARTS) is 1. The summed E-state index contributed by atoms with van der Waals surface area (Å²) < 4.78 is 13.3. The average molecular weight is 436 g/mol. The SMILES string of the molecule is O=C(NC(CSc1cccc(F)c1)C(=O)O)c1ccc2nc(-c3ccncc3)[nH]c2c1. The molecular weight excluding hydrogens is 419 g/mol. The van der Waals surface area contributed by atoms with Crippen LogP contribution < -0.4 is 5.32 Å². The molecule has 0 aliphatic carbocycles. The van der Waals surface area contributed by atoms with Crippen molar-refractivity contribution in [1.82, 2.24) is 20.3 Å². The number of amides is 1. The first-order chi connectivity index (χ1) is 15.0. The van der Waals surface area contributed by atoms with Gasteiger partial charge in [0.15, 0.2) is 0 Å². The summed E-state index contributed by atoms with van der Waals surface area (Å²) in [5.74, 6) is -1.39. The molecule has 0 bridgehead atoms. The Labute approximate surface area is 180 Å². The number of halogens is 1. The van der Waals surface area contributed by atoms with Gasteiger partial charge < -0.3 is 15.4 Å². The smallest absolute Gasteiger partial charge is 0.327 e. The number of imidazole rings is 1. The van der Waals surface area contributed by atoms with Crippen LogP contribution >= 0.6 is 11.8 Å². The van der Waals surface area contributed by atoms with E-state index in [1.54, 1.807) is 42.7 Å². The number of nitrogens with one attached hydrogen (secondary N) is 2. The van der Waals surface area contributed by atoms with E-state index in [1.165, 1.54) is 12.1 Å². The van der Waals surface area contributed by atoms with Crippen molar-refractivity contribution in [2.24, 2.45) is 0 Å². The second-order valence-corrected chi connectivity index (χ2v) is 7.78. The molecule has 0 aliphatic heterocycles. The Kier molecular flexibility index (Phi) is 5.94. The van der Waals surface area contributed by atoms with Gasteiger partial charge in [-0.3, -0.25) is 9.78 Å². The minimum Gasteiger partial charge on any atom is -0.480 e. The molecule has 2 aromatic carbocycles. The van der Waals surface area contributed by atoms with Crippen molar-refractivity contribution in [3.05, 3.63) is 78.4 Å². The summed E-state index contributed by atoms with van der Waals surface area (Å²) in [6, 6.07) is 13.3. The van der Waals surface area contributed by atoms with Gasteiger partial charge in [0.1, 0.15) is 17.7 Å². The number of benzene rings is 2. The maximum absolute atomic E-state index is 13.3. The molecule has 3 N–H and O–H groups in total. The summed E-state index contributed by atoms with van der Waals surface area (Å²) in [7, 11) is 0. The lowest BCUT2D eigenvalue weighted by atomic mass is 10.2. The zero-order chi connectivity index (χ0) is 21.8. The number of rotatable bonds is 7. The third-order valence-electron chi connectivity index (χ3n) is 4.51. The van der Waals surface area contributed by atoms with Crippen LogP contribution in [0.5, 0.6) is 0 Å². The molecule has 0 saturated carbocycles. The number of fused-ring (bicyclic) bond motifs is 1. The summed E-state index contributed by atoms with van der Waals surface area (Å²) in [4.78, 5) is 36.5. The minimum atomic E-state index is -1.17.